The van der Waals surface area contributed by atoms with E-state index in [1.165, 1.54) is 0 Å². The zero-order valence-electron chi connectivity index (χ0n) is 12.6. The molecule has 6 heteroatoms. The third-order valence-electron chi connectivity index (χ3n) is 4.68. The SMILES string of the molecule is CC1CCN(C(=O)NC(=O)CC2(CC(=O)O)CCCC2)C1. The van der Waals surface area contributed by atoms with Gasteiger partial charge in [-0.25, -0.2) is 4.79 Å². The first-order valence-electron chi connectivity index (χ1n) is 7.71. The van der Waals surface area contributed by atoms with Crippen LogP contribution in [0.3, 0.4) is 0 Å². The van der Waals surface area contributed by atoms with E-state index in [1.54, 1.807) is 4.90 Å². The Kier molecular flexibility index (Phi) is 4.85. The number of rotatable bonds is 4. The average molecular weight is 296 g/mol. The van der Waals surface area contributed by atoms with Crippen molar-refractivity contribution in [1.29, 1.82) is 0 Å². The largest absolute Gasteiger partial charge is 0.481 e. The summed E-state index contributed by atoms with van der Waals surface area (Å²) in [5.74, 6) is -0.744. The molecule has 1 heterocycles. The van der Waals surface area contributed by atoms with Gasteiger partial charge in [0.2, 0.25) is 5.91 Å². The summed E-state index contributed by atoms with van der Waals surface area (Å²) in [6.45, 7) is 3.44. The van der Waals surface area contributed by atoms with Crippen molar-refractivity contribution < 1.29 is 19.5 Å². The van der Waals surface area contributed by atoms with Gasteiger partial charge in [0.25, 0.3) is 0 Å². The van der Waals surface area contributed by atoms with Crippen molar-refractivity contribution in [2.75, 3.05) is 13.1 Å². The molecule has 0 radical (unpaired) electrons. The van der Waals surface area contributed by atoms with E-state index in [-0.39, 0.29) is 24.8 Å². The lowest BCUT2D eigenvalue weighted by Crippen LogP contribution is -2.43. The molecule has 2 aliphatic rings. The summed E-state index contributed by atoms with van der Waals surface area (Å²) in [6.07, 6.45) is 4.52. The second-order valence-corrected chi connectivity index (χ2v) is 6.65. The Bertz CT molecular complexity index is 429. The van der Waals surface area contributed by atoms with E-state index < -0.39 is 11.4 Å². The molecular weight excluding hydrogens is 272 g/mol. The van der Waals surface area contributed by atoms with Crippen LogP contribution in [0.15, 0.2) is 0 Å². The molecule has 0 spiro atoms. The van der Waals surface area contributed by atoms with E-state index in [1.807, 2.05) is 0 Å². The van der Waals surface area contributed by atoms with Crippen LogP contribution >= 0.6 is 0 Å². The maximum absolute atomic E-state index is 12.1. The average Bonchev–Trinajstić information content (AvgIpc) is 2.97. The summed E-state index contributed by atoms with van der Waals surface area (Å²) in [7, 11) is 0. The number of aliphatic carboxylic acids is 1. The molecule has 2 N–H and O–H groups in total. The minimum absolute atomic E-state index is 0.00928. The predicted molar refractivity (Wildman–Crippen MR) is 76.7 cm³/mol. The monoisotopic (exact) mass is 296 g/mol. The van der Waals surface area contributed by atoms with Gasteiger partial charge in [-0.15, -0.1) is 0 Å². The Labute approximate surface area is 124 Å². The van der Waals surface area contributed by atoms with Crippen LogP contribution in [0.5, 0.6) is 0 Å². The number of hydrogen-bond donors (Lipinski definition) is 2. The topological polar surface area (TPSA) is 86.7 Å². The maximum Gasteiger partial charge on any atom is 0.324 e. The van der Waals surface area contributed by atoms with E-state index in [4.69, 9.17) is 5.11 Å². The third kappa shape index (κ3) is 4.19. The number of nitrogens with one attached hydrogen (secondary N) is 1. The Balaban J connectivity index is 1.87. The molecular formula is C15H24N2O4. The van der Waals surface area contributed by atoms with Gasteiger partial charge in [-0.2, -0.15) is 0 Å². The van der Waals surface area contributed by atoms with Gasteiger partial charge in [0.15, 0.2) is 0 Å². The Morgan fingerprint density at radius 1 is 1.24 bits per heavy atom. The number of urea groups is 1. The van der Waals surface area contributed by atoms with Crippen molar-refractivity contribution in [3.8, 4) is 0 Å². The fourth-order valence-corrected chi connectivity index (χ4v) is 3.56. The number of carbonyl (C=O) groups is 3. The minimum atomic E-state index is -0.871. The number of carboxylic acids is 1. The van der Waals surface area contributed by atoms with Crippen LogP contribution in [0, 0.1) is 11.3 Å². The summed E-state index contributed by atoms with van der Waals surface area (Å²) in [6, 6.07) is -0.340. The second kappa shape index (κ2) is 6.45. The van der Waals surface area contributed by atoms with Gasteiger partial charge in [0.05, 0.1) is 6.42 Å². The highest BCUT2D eigenvalue weighted by molar-refractivity contribution is 5.94. The number of imide groups is 1. The molecule has 0 bridgehead atoms. The standard InChI is InChI=1S/C15H24N2O4/c1-11-4-7-17(10-11)14(21)16-12(18)8-15(9-13(19)20)5-2-3-6-15/h11H,2-10H2,1H3,(H,19,20)(H,16,18,21). The maximum atomic E-state index is 12.1. The molecule has 118 valence electrons. The summed E-state index contributed by atoms with van der Waals surface area (Å²) >= 11 is 0. The van der Waals surface area contributed by atoms with Crippen LogP contribution in [0.2, 0.25) is 0 Å². The van der Waals surface area contributed by atoms with Gasteiger partial charge in [-0.1, -0.05) is 19.8 Å². The molecule has 3 amide bonds. The first-order chi connectivity index (χ1) is 9.90. The number of carbonyl (C=O) groups excluding carboxylic acids is 2. The molecule has 0 aromatic heterocycles. The lowest BCUT2D eigenvalue weighted by molar-refractivity contribution is -0.140. The number of amides is 3. The molecule has 21 heavy (non-hydrogen) atoms. The van der Waals surface area contributed by atoms with Crippen LogP contribution in [0.25, 0.3) is 0 Å². The lowest BCUT2D eigenvalue weighted by Gasteiger charge is -2.26. The fourth-order valence-electron chi connectivity index (χ4n) is 3.56. The van der Waals surface area contributed by atoms with Crippen molar-refractivity contribution in [2.24, 2.45) is 11.3 Å². The molecule has 1 saturated carbocycles. The first kappa shape index (κ1) is 15.8. The summed E-state index contributed by atoms with van der Waals surface area (Å²) in [4.78, 5) is 36.7. The van der Waals surface area contributed by atoms with Crippen molar-refractivity contribution in [3.63, 3.8) is 0 Å². The fraction of sp³-hybridized carbons (Fsp3) is 0.800. The zero-order valence-corrected chi connectivity index (χ0v) is 12.6. The van der Waals surface area contributed by atoms with E-state index in [0.717, 1.165) is 32.1 Å². The van der Waals surface area contributed by atoms with E-state index in [0.29, 0.717) is 19.0 Å². The molecule has 1 aliphatic heterocycles. The molecule has 1 aliphatic carbocycles. The quantitative estimate of drug-likeness (QED) is 0.830. The molecule has 0 aromatic carbocycles. The molecule has 1 unspecified atom stereocenters. The van der Waals surface area contributed by atoms with Gasteiger partial charge < -0.3 is 10.0 Å². The van der Waals surface area contributed by atoms with Crippen LogP contribution in [0.4, 0.5) is 4.79 Å². The van der Waals surface area contributed by atoms with Crippen molar-refractivity contribution in [2.45, 2.75) is 51.9 Å². The van der Waals surface area contributed by atoms with Gasteiger partial charge >= 0.3 is 12.0 Å². The smallest absolute Gasteiger partial charge is 0.324 e. The van der Waals surface area contributed by atoms with Gasteiger partial charge in [-0.3, -0.25) is 14.9 Å². The van der Waals surface area contributed by atoms with Gasteiger partial charge in [0.1, 0.15) is 0 Å². The number of likely N-dealkylation sites (tertiary alicyclic amines) is 1. The van der Waals surface area contributed by atoms with Crippen LogP contribution < -0.4 is 5.32 Å². The number of carboxylic acid groups (broad SMARTS) is 1. The Morgan fingerprint density at radius 2 is 1.90 bits per heavy atom. The van der Waals surface area contributed by atoms with E-state index >= 15 is 0 Å². The first-order valence-corrected chi connectivity index (χ1v) is 7.71. The molecule has 1 atom stereocenters. The summed E-state index contributed by atoms with van der Waals surface area (Å²) < 4.78 is 0. The molecule has 6 nitrogen and oxygen atoms in total. The minimum Gasteiger partial charge on any atom is -0.481 e. The predicted octanol–water partition coefficient (Wildman–Crippen LogP) is 1.99. The highest BCUT2D eigenvalue weighted by atomic mass is 16.4. The highest BCUT2D eigenvalue weighted by Crippen LogP contribution is 2.44. The van der Waals surface area contributed by atoms with Gasteiger partial charge in [-0.05, 0) is 30.6 Å². The molecule has 2 fully saturated rings. The van der Waals surface area contributed by atoms with Crippen molar-refractivity contribution >= 4 is 17.9 Å². The number of nitrogens with zero attached hydrogens (tertiary/aromatic N) is 1. The van der Waals surface area contributed by atoms with Gasteiger partial charge in [0, 0.05) is 19.5 Å². The summed E-state index contributed by atoms with van der Waals surface area (Å²) in [5, 5.41) is 11.5. The molecule has 2 rings (SSSR count). The Morgan fingerprint density at radius 3 is 2.43 bits per heavy atom. The Hall–Kier alpha value is -1.59. The van der Waals surface area contributed by atoms with E-state index in [2.05, 4.69) is 12.2 Å². The van der Waals surface area contributed by atoms with Crippen LogP contribution in [-0.2, 0) is 9.59 Å². The van der Waals surface area contributed by atoms with Crippen LogP contribution in [0.1, 0.15) is 51.9 Å². The normalized spacial score (nSPS) is 24.0. The lowest BCUT2D eigenvalue weighted by atomic mass is 9.79. The second-order valence-electron chi connectivity index (χ2n) is 6.65. The van der Waals surface area contributed by atoms with Crippen molar-refractivity contribution in [1.82, 2.24) is 10.2 Å². The highest BCUT2D eigenvalue weighted by Gasteiger charge is 2.38. The van der Waals surface area contributed by atoms with Crippen molar-refractivity contribution in [3.05, 3.63) is 0 Å². The molecule has 0 aromatic rings. The molecule has 1 saturated heterocycles. The zero-order chi connectivity index (χ0) is 15.5. The third-order valence-corrected chi connectivity index (χ3v) is 4.68. The number of hydrogen-bond acceptors (Lipinski definition) is 3. The van der Waals surface area contributed by atoms with Crippen LogP contribution in [-0.4, -0.2) is 41.0 Å². The van der Waals surface area contributed by atoms with E-state index in [9.17, 15) is 14.4 Å². The summed E-state index contributed by atoms with van der Waals surface area (Å²) in [5.41, 5.74) is -0.464.